The maximum absolute atomic E-state index is 11.0. The second-order valence-electron chi connectivity index (χ2n) is 5.88. The monoisotopic (exact) mass is 344 g/mol. The molecule has 0 atom stereocenters. The molecule has 0 aromatic carbocycles. The molecule has 0 saturated carbocycles. The SMILES string of the molecule is COc1ccc(OC2CCN(c3nnc(C(=O)O)cc3C)CC2)cn1. The Bertz CT molecular complexity index is 743. The van der Waals surface area contributed by atoms with Crippen molar-refractivity contribution < 1.29 is 19.4 Å². The maximum Gasteiger partial charge on any atom is 0.356 e. The Labute approximate surface area is 145 Å². The number of carboxylic acid groups (broad SMARTS) is 1. The summed E-state index contributed by atoms with van der Waals surface area (Å²) in [6.07, 6.45) is 3.45. The zero-order valence-corrected chi connectivity index (χ0v) is 14.2. The number of ether oxygens (including phenoxy) is 2. The summed E-state index contributed by atoms with van der Waals surface area (Å²) in [5.74, 6) is 0.944. The van der Waals surface area contributed by atoms with Gasteiger partial charge in [-0.15, -0.1) is 10.2 Å². The Kier molecular flexibility index (Phi) is 4.97. The number of carbonyl (C=O) groups is 1. The normalized spacial score (nSPS) is 15.0. The van der Waals surface area contributed by atoms with Gasteiger partial charge in [-0.1, -0.05) is 0 Å². The van der Waals surface area contributed by atoms with Gasteiger partial charge in [-0.25, -0.2) is 9.78 Å². The topological polar surface area (TPSA) is 97.7 Å². The molecule has 8 nitrogen and oxygen atoms in total. The van der Waals surface area contributed by atoms with Gasteiger partial charge in [0, 0.05) is 32.0 Å². The minimum atomic E-state index is -1.07. The van der Waals surface area contributed by atoms with E-state index in [1.54, 1.807) is 25.4 Å². The van der Waals surface area contributed by atoms with E-state index in [9.17, 15) is 4.79 Å². The molecular formula is C17H20N4O4. The number of pyridine rings is 1. The van der Waals surface area contributed by atoms with Crippen LogP contribution in [0.5, 0.6) is 11.6 Å². The first kappa shape index (κ1) is 16.9. The summed E-state index contributed by atoms with van der Waals surface area (Å²) in [7, 11) is 1.58. The molecule has 1 N–H and O–H groups in total. The van der Waals surface area contributed by atoms with E-state index in [1.165, 1.54) is 0 Å². The Morgan fingerprint density at radius 3 is 2.60 bits per heavy atom. The predicted octanol–water partition coefficient (Wildman–Crippen LogP) is 1.93. The summed E-state index contributed by atoms with van der Waals surface area (Å²) >= 11 is 0. The molecule has 0 bridgehead atoms. The molecule has 1 fully saturated rings. The molecule has 0 radical (unpaired) electrons. The fraction of sp³-hybridized carbons (Fsp3) is 0.412. The first-order valence-electron chi connectivity index (χ1n) is 8.06. The Hall–Kier alpha value is -2.90. The molecular weight excluding hydrogens is 324 g/mol. The van der Waals surface area contributed by atoms with Gasteiger partial charge in [0.15, 0.2) is 11.5 Å². The van der Waals surface area contributed by atoms with Crippen molar-refractivity contribution in [3.8, 4) is 11.6 Å². The van der Waals surface area contributed by atoms with Gasteiger partial charge in [0.1, 0.15) is 11.9 Å². The number of hydrogen-bond donors (Lipinski definition) is 1. The highest BCUT2D eigenvalue weighted by Crippen LogP contribution is 2.24. The second kappa shape index (κ2) is 7.33. The van der Waals surface area contributed by atoms with Crippen LogP contribution in [-0.4, -0.2) is 52.6 Å². The minimum Gasteiger partial charge on any atom is -0.489 e. The van der Waals surface area contributed by atoms with Crippen molar-refractivity contribution in [2.24, 2.45) is 0 Å². The number of nitrogens with zero attached hydrogens (tertiary/aromatic N) is 4. The number of aryl methyl sites for hydroxylation is 1. The highest BCUT2D eigenvalue weighted by molar-refractivity contribution is 5.85. The zero-order chi connectivity index (χ0) is 17.8. The second-order valence-corrected chi connectivity index (χ2v) is 5.88. The van der Waals surface area contributed by atoms with E-state index < -0.39 is 5.97 Å². The highest BCUT2D eigenvalue weighted by atomic mass is 16.5. The van der Waals surface area contributed by atoms with Crippen LogP contribution in [0.1, 0.15) is 28.9 Å². The third-order valence-corrected chi connectivity index (χ3v) is 4.14. The molecule has 1 aliphatic rings. The summed E-state index contributed by atoms with van der Waals surface area (Å²) in [5, 5.41) is 16.8. The van der Waals surface area contributed by atoms with Crippen LogP contribution in [0.4, 0.5) is 5.82 Å². The lowest BCUT2D eigenvalue weighted by Crippen LogP contribution is -2.39. The number of anilines is 1. The fourth-order valence-corrected chi connectivity index (χ4v) is 2.83. The van der Waals surface area contributed by atoms with Gasteiger partial charge in [0.2, 0.25) is 5.88 Å². The molecule has 0 aliphatic carbocycles. The number of carboxylic acids is 1. The minimum absolute atomic E-state index is 0.0357. The number of aromatic carboxylic acids is 1. The number of aromatic nitrogens is 3. The summed E-state index contributed by atoms with van der Waals surface area (Å²) in [6.45, 7) is 3.40. The lowest BCUT2D eigenvalue weighted by Gasteiger charge is -2.33. The number of hydrogen-bond acceptors (Lipinski definition) is 7. The molecule has 0 spiro atoms. The van der Waals surface area contributed by atoms with Gasteiger partial charge in [-0.05, 0) is 24.6 Å². The van der Waals surface area contributed by atoms with Crippen molar-refractivity contribution in [3.05, 3.63) is 35.7 Å². The standard InChI is InChI=1S/C17H20N4O4/c1-11-9-14(17(22)23)19-20-16(11)21-7-5-12(6-8-21)25-13-3-4-15(24-2)18-10-13/h3-4,9-10,12H,5-8H2,1-2H3,(H,22,23). The van der Waals surface area contributed by atoms with Crippen molar-refractivity contribution in [2.75, 3.05) is 25.1 Å². The van der Waals surface area contributed by atoms with Gasteiger partial charge in [-0.2, -0.15) is 0 Å². The van der Waals surface area contributed by atoms with E-state index in [0.29, 0.717) is 5.88 Å². The van der Waals surface area contributed by atoms with Crippen LogP contribution in [0.3, 0.4) is 0 Å². The molecule has 25 heavy (non-hydrogen) atoms. The van der Waals surface area contributed by atoms with Crippen molar-refractivity contribution >= 4 is 11.8 Å². The van der Waals surface area contributed by atoms with E-state index in [-0.39, 0.29) is 11.8 Å². The number of piperidine rings is 1. The van der Waals surface area contributed by atoms with E-state index in [2.05, 4.69) is 20.1 Å². The molecule has 1 aliphatic heterocycles. The molecule has 132 valence electrons. The summed E-state index contributed by atoms with van der Waals surface area (Å²) in [5.41, 5.74) is 0.776. The zero-order valence-electron chi connectivity index (χ0n) is 14.2. The largest absolute Gasteiger partial charge is 0.489 e. The average molecular weight is 344 g/mol. The van der Waals surface area contributed by atoms with E-state index in [4.69, 9.17) is 14.6 Å². The first-order chi connectivity index (χ1) is 12.1. The van der Waals surface area contributed by atoms with Gasteiger partial charge >= 0.3 is 5.97 Å². The lowest BCUT2D eigenvalue weighted by molar-refractivity contribution is 0.0689. The van der Waals surface area contributed by atoms with Crippen LogP contribution in [0.25, 0.3) is 0 Å². The van der Waals surface area contributed by atoms with E-state index in [1.807, 2.05) is 13.0 Å². The van der Waals surface area contributed by atoms with Gasteiger partial charge in [0.05, 0.1) is 13.3 Å². The van der Waals surface area contributed by atoms with Crippen molar-refractivity contribution in [3.63, 3.8) is 0 Å². The average Bonchev–Trinajstić information content (AvgIpc) is 2.63. The van der Waals surface area contributed by atoms with Crippen molar-refractivity contribution in [2.45, 2.75) is 25.9 Å². The van der Waals surface area contributed by atoms with Crippen LogP contribution in [0.2, 0.25) is 0 Å². The third kappa shape index (κ3) is 3.96. The van der Waals surface area contributed by atoms with Crippen LogP contribution in [0, 0.1) is 6.92 Å². The molecule has 2 aromatic rings. The van der Waals surface area contributed by atoms with Crippen LogP contribution >= 0.6 is 0 Å². The third-order valence-electron chi connectivity index (χ3n) is 4.14. The quantitative estimate of drug-likeness (QED) is 0.879. The molecule has 1 saturated heterocycles. The van der Waals surface area contributed by atoms with E-state index >= 15 is 0 Å². The molecule has 8 heteroatoms. The summed E-state index contributed by atoms with van der Waals surface area (Å²) < 4.78 is 11.0. The molecule has 3 rings (SSSR count). The maximum atomic E-state index is 11.0. The Morgan fingerprint density at radius 1 is 1.28 bits per heavy atom. The lowest BCUT2D eigenvalue weighted by atomic mass is 10.1. The molecule has 0 unspecified atom stereocenters. The molecule has 0 amide bonds. The Balaban J connectivity index is 1.58. The Morgan fingerprint density at radius 2 is 2.04 bits per heavy atom. The van der Waals surface area contributed by atoms with Crippen LogP contribution in [-0.2, 0) is 0 Å². The number of methoxy groups -OCH3 is 1. The molecule has 2 aromatic heterocycles. The van der Waals surface area contributed by atoms with Crippen LogP contribution in [0.15, 0.2) is 24.4 Å². The van der Waals surface area contributed by atoms with Gasteiger partial charge in [0.25, 0.3) is 0 Å². The highest BCUT2D eigenvalue weighted by Gasteiger charge is 2.23. The van der Waals surface area contributed by atoms with E-state index in [0.717, 1.165) is 43.1 Å². The summed E-state index contributed by atoms with van der Waals surface area (Å²) in [6, 6.07) is 5.17. The smallest absolute Gasteiger partial charge is 0.356 e. The van der Waals surface area contributed by atoms with Gasteiger partial charge in [-0.3, -0.25) is 0 Å². The van der Waals surface area contributed by atoms with Crippen molar-refractivity contribution in [1.29, 1.82) is 0 Å². The van der Waals surface area contributed by atoms with Gasteiger partial charge < -0.3 is 19.5 Å². The number of rotatable bonds is 5. The van der Waals surface area contributed by atoms with Crippen molar-refractivity contribution in [1.82, 2.24) is 15.2 Å². The summed E-state index contributed by atoms with van der Waals surface area (Å²) in [4.78, 5) is 17.2. The fourth-order valence-electron chi connectivity index (χ4n) is 2.83. The van der Waals surface area contributed by atoms with Crippen LogP contribution < -0.4 is 14.4 Å². The first-order valence-corrected chi connectivity index (χ1v) is 8.06. The molecule has 3 heterocycles. The predicted molar refractivity (Wildman–Crippen MR) is 90.4 cm³/mol.